The molecule has 1 amide bonds. The summed E-state index contributed by atoms with van der Waals surface area (Å²) in [5.41, 5.74) is 4.44. The molecule has 1 aromatic heterocycles. The molecule has 0 aliphatic carbocycles. The molecule has 0 radical (unpaired) electrons. The van der Waals surface area contributed by atoms with Crippen LogP contribution in [0.2, 0.25) is 0 Å². The Morgan fingerprint density at radius 2 is 1.83 bits per heavy atom. The van der Waals surface area contributed by atoms with Gasteiger partial charge < -0.3 is 15.5 Å². The number of rotatable bonds is 6. The van der Waals surface area contributed by atoms with Crippen LogP contribution in [0.15, 0.2) is 24.4 Å². The zero-order chi connectivity index (χ0) is 17.7. The van der Waals surface area contributed by atoms with E-state index in [-0.39, 0.29) is 5.91 Å². The van der Waals surface area contributed by atoms with Gasteiger partial charge in [0.05, 0.1) is 0 Å². The summed E-state index contributed by atoms with van der Waals surface area (Å²) in [5.74, 6) is 0.227. The van der Waals surface area contributed by atoms with E-state index in [0.717, 1.165) is 23.4 Å². The number of carbonyl (C=O) groups excluding carboxylic acids is 1. The topological polar surface area (TPSA) is 70.2 Å². The summed E-state index contributed by atoms with van der Waals surface area (Å²) in [6.07, 6.45) is 1.59. The molecule has 6 heteroatoms. The van der Waals surface area contributed by atoms with Crippen LogP contribution in [0.1, 0.15) is 27.2 Å². The third-order valence-corrected chi connectivity index (χ3v) is 3.65. The van der Waals surface area contributed by atoms with Gasteiger partial charge in [0.25, 0.3) is 5.91 Å². The minimum Gasteiger partial charge on any atom is -0.353 e. The largest absolute Gasteiger partial charge is 0.353 e. The van der Waals surface area contributed by atoms with Gasteiger partial charge in [0.15, 0.2) is 0 Å². The molecule has 128 valence electrons. The standard InChI is InChI=1S/C18H25N5O/c1-12-10-13(2)16(14(3)11-12)22-17(24)15-6-7-19-18(21-15)20-8-9-23(4)5/h6-7,10-11H,8-9H2,1-5H3,(H,22,24)(H,19,20,21). The molecule has 0 aliphatic heterocycles. The van der Waals surface area contributed by atoms with Crippen LogP contribution in [-0.4, -0.2) is 48.0 Å². The lowest BCUT2D eigenvalue weighted by atomic mass is 10.1. The highest BCUT2D eigenvalue weighted by atomic mass is 16.1. The van der Waals surface area contributed by atoms with Gasteiger partial charge in [-0.3, -0.25) is 4.79 Å². The van der Waals surface area contributed by atoms with Crippen molar-refractivity contribution in [2.45, 2.75) is 20.8 Å². The molecule has 2 N–H and O–H groups in total. The predicted molar refractivity (Wildman–Crippen MR) is 97.7 cm³/mol. The lowest BCUT2D eigenvalue weighted by Crippen LogP contribution is -2.22. The molecule has 2 aromatic rings. The van der Waals surface area contributed by atoms with E-state index in [1.807, 2.05) is 34.9 Å². The fourth-order valence-electron chi connectivity index (χ4n) is 2.52. The first-order chi connectivity index (χ1) is 11.4. The van der Waals surface area contributed by atoms with Gasteiger partial charge >= 0.3 is 0 Å². The molecule has 0 unspecified atom stereocenters. The van der Waals surface area contributed by atoms with Crippen LogP contribution >= 0.6 is 0 Å². The van der Waals surface area contributed by atoms with E-state index < -0.39 is 0 Å². The molecule has 0 saturated heterocycles. The third kappa shape index (κ3) is 4.76. The van der Waals surface area contributed by atoms with E-state index in [1.54, 1.807) is 12.3 Å². The third-order valence-electron chi connectivity index (χ3n) is 3.65. The van der Waals surface area contributed by atoms with Gasteiger partial charge in [0.1, 0.15) is 5.69 Å². The van der Waals surface area contributed by atoms with Crippen LogP contribution in [0, 0.1) is 20.8 Å². The number of amides is 1. The molecule has 0 spiro atoms. The summed E-state index contributed by atoms with van der Waals surface area (Å²) in [6.45, 7) is 7.60. The molecular weight excluding hydrogens is 302 g/mol. The van der Waals surface area contributed by atoms with Crippen LogP contribution in [-0.2, 0) is 0 Å². The number of carbonyl (C=O) groups is 1. The lowest BCUT2D eigenvalue weighted by Gasteiger charge is -2.13. The Labute approximate surface area is 143 Å². The van der Waals surface area contributed by atoms with Crippen molar-refractivity contribution in [2.75, 3.05) is 37.8 Å². The van der Waals surface area contributed by atoms with E-state index in [2.05, 4.69) is 37.6 Å². The molecule has 0 bridgehead atoms. The Kier molecular flexibility index (Phi) is 5.87. The van der Waals surface area contributed by atoms with Gasteiger partial charge in [-0.15, -0.1) is 0 Å². The first-order valence-corrected chi connectivity index (χ1v) is 7.97. The summed E-state index contributed by atoms with van der Waals surface area (Å²) in [5, 5.41) is 6.08. The molecule has 2 rings (SSSR count). The van der Waals surface area contributed by atoms with Gasteiger partial charge in [-0.2, -0.15) is 0 Å². The maximum Gasteiger partial charge on any atom is 0.274 e. The Morgan fingerprint density at radius 3 is 2.46 bits per heavy atom. The number of hydrogen-bond acceptors (Lipinski definition) is 5. The zero-order valence-corrected chi connectivity index (χ0v) is 15.0. The highest BCUT2D eigenvalue weighted by Gasteiger charge is 2.12. The van der Waals surface area contributed by atoms with Gasteiger partial charge in [0.2, 0.25) is 5.95 Å². The fraction of sp³-hybridized carbons (Fsp3) is 0.389. The van der Waals surface area contributed by atoms with Crippen molar-refractivity contribution in [3.05, 3.63) is 46.8 Å². The molecule has 0 aliphatic rings. The summed E-state index contributed by atoms with van der Waals surface area (Å²) in [7, 11) is 4.00. The van der Waals surface area contributed by atoms with Gasteiger partial charge in [-0.1, -0.05) is 17.7 Å². The number of aromatic nitrogens is 2. The van der Waals surface area contributed by atoms with Crippen LogP contribution < -0.4 is 10.6 Å². The maximum atomic E-state index is 12.5. The van der Waals surface area contributed by atoms with E-state index in [4.69, 9.17) is 0 Å². The fourth-order valence-corrected chi connectivity index (χ4v) is 2.52. The molecule has 6 nitrogen and oxygen atoms in total. The monoisotopic (exact) mass is 327 g/mol. The maximum absolute atomic E-state index is 12.5. The van der Waals surface area contributed by atoms with E-state index in [9.17, 15) is 4.79 Å². The quantitative estimate of drug-likeness (QED) is 0.853. The number of anilines is 2. The minimum atomic E-state index is -0.233. The van der Waals surface area contributed by atoms with Crippen molar-refractivity contribution < 1.29 is 4.79 Å². The first-order valence-electron chi connectivity index (χ1n) is 7.97. The Bertz CT molecular complexity index is 704. The van der Waals surface area contributed by atoms with Crippen LogP contribution in [0.3, 0.4) is 0 Å². The molecule has 1 heterocycles. The van der Waals surface area contributed by atoms with Crippen molar-refractivity contribution in [1.82, 2.24) is 14.9 Å². The number of aryl methyl sites for hydroxylation is 3. The molecule has 1 aromatic carbocycles. The van der Waals surface area contributed by atoms with Crippen molar-refractivity contribution in [3.8, 4) is 0 Å². The van der Waals surface area contributed by atoms with E-state index in [1.165, 1.54) is 5.56 Å². The number of nitrogens with one attached hydrogen (secondary N) is 2. The second-order valence-electron chi connectivity index (χ2n) is 6.22. The summed E-state index contributed by atoms with van der Waals surface area (Å²) >= 11 is 0. The predicted octanol–water partition coefficient (Wildman–Crippen LogP) is 2.63. The minimum absolute atomic E-state index is 0.233. The normalized spacial score (nSPS) is 10.8. The van der Waals surface area contributed by atoms with E-state index in [0.29, 0.717) is 18.2 Å². The smallest absolute Gasteiger partial charge is 0.274 e. The number of nitrogens with zero attached hydrogens (tertiary/aromatic N) is 3. The highest BCUT2D eigenvalue weighted by molar-refractivity contribution is 6.03. The van der Waals surface area contributed by atoms with Crippen molar-refractivity contribution in [1.29, 1.82) is 0 Å². The number of benzene rings is 1. The first kappa shape index (κ1) is 17.9. The Balaban J connectivity index is 2.10. The molecular formula is C18H25N5O. The van der Waals surface area contributed by atoms with Gasteiger partial charge in [-0.25, -0.2) is 9.97 Å². The lowest BCUT2D eigenvalue weighted by molar-refractivity contribution is 0.102. The Morgan fingerprint density at radius 1 is 1.17 bits per heavy atom. The number of hydrogen-bond donors (Lipinski definition) is 2. The van der Waals surface area contributed by atoms with Crippen LogP contribution in [0.25, 0.3) is 0 Å². The second-order valence-corrected chi connectivity index (χ2v) is 6.22. The van der Waals surface area contributed by atoms with Crippen molar-refractivity contribution in [3.63, 3.8) is 0 Å². The van der Waals surface area contributed by atoms with Crippen molar-refractivity contribution >= 4 is 17.5 Å². The highest BCUT2D eigenvalue weighted by Crippen LogP contribution is 2.22. The summed E-state index contributed by atoms with van der Waals surface area (Å²) in [6, 6.07) is 5.72. The van der Waals surface area contributed by atoms with Crippen LogP contribution in [0.5, 0.6) is 0 Å². The molecule has 0 fully saturated rings. The van der Waals surface area contributed by atoms with Gasteiger partial charge in [0, 0.05) is 25.0 Å². The molecule has 0 atom stereocenters. The van der Waals surface area contributed by atoms with Crippen molar-refractivity contribution in [2.24, 2.45) is 0 Å². The summed E-state index contributed by atoms with van der Waals surface area (Å²) in [4.78, 5) is 23.0. The van der Waals surface area contributed by atoms with Crippen LogP contribution in [0.4, 0.5) is 11.6 Å². The second kappa shape index (κ2) is 7.88. The van der Waals surface area contributed by atoms with E-state index >= 15 is 0 Å². The SMILES string of the molecule is Cc1cc(C)c(NC(=O)c2ccnc(NCCN(C)C)n2)c(C)c1. The molecule has 24 heavy (non-hydrogen) atoms. The average molecular weight is 327 g/mol. The zero-order valence-electron chi connectivity index (χ0n) is 15.0. The number of likely N-dealkylation sites (N-methyl/N-ethyl adjacent to an activating group) is 1. The Hall–Kier alpha value is -2.47. The molecule has 0 saturated carbocycles. The van der Waals surface area contributed by atoms with Gasteiger partial charge in [-0.05, 0) is 52.1 Å². The summed E-state index contributed by atoms with van der Waals surface area (Å²) < 4.78 is 0. The average Bonchev–Trinajstić information content (AvgIpc) is 2.50.